The van der Waals surface area contributed by atoms with Crippen LogP contribution in [0.1, 0.15) is 21.5 Å². The quantitative estimate of drug-likeness (QED) is 0.178. The second kappa shape index (κ2) is 10.9. The first-order valence-electron chi connectivity index (χ1n) is 13.9. The zero-order valence-electron chi connectivity index (χ0n) is 23.6. The number of H-pyrrole nitrogens is 1. The van der Waals surface area contributed by atoms with Gasteiger partial charge in [-0.2, -0.15) is 13.2 Å². The van der Waals surface area contributed by atoms with E-state index in [9.17, 15) is 18.0 Å². The summed E-state index contributed by atoms with van der Waals surface area (Å²) in [5.74, 6) is 1.84. The van der Waals surface area contributed by atoms with Gasteiger partial charge in [0.05, 0.1) is 27.6 Å². The molecule has 0 amide bonds. The fraction of sp³-hybridized carbons (Fsp3) is 0.0588. The van der Waals surface area contributed by atoms with Gasteiger partial charge in [-0.1, -0.05) is 36.4 Å². The standard InChI is InChI=1S/C34H23F3N6O2/c1-43-30-13-11-24(18-28(30)42-33(43)39-23-9-5-8-22(17-23)34(35,36)37)45-25-14-15-38-29(19-25)32-40-26-12-10-21(16-27(26)41-32)31(44)20-6-3-2-4-7-20/h2-19H,1H3,(H,39,42)(H,40,41). The first-order chi connectivity index (χ1) is 21.7. The first-order valence-corrected chi connectivity index (χ1v) is 13.9. The Labute approximate surface area is 254 Å². The van der Waals surface area contributed by atoms with Crippen LogP contribution in [0, 0.1) is 0 Å². The molecule has 45 heavy (non-hydrogen) atoms. The molecule has 11 heteroatoms. The number of anilines is 2. The van der Waals surface area contributed by atoms with Gasteiger partial charge in [0.25, 0.3) is 0 Å². The number of aromatic nitrogens is 5. The van der Waals surface area contributed by atoms with Gasteiger partial charge in [0.15, 0.2) is 11.6 Å². The molecule has 0 saturated heterocycles. The van der Waals surface area contributed by atoms with E-state index in [1.54, 1.807) is 72.4 Å². The molecule has 0 aliphatic heterocycles. The Morgan fingerprint density at radius 1 is 0.822 bits per heavy atom. The van der Waals surface area contributed by atoms with Gasteiger partial charge < -0.3 is 19.6 Å². The van der Waals surface area contributed by atoms with Crippen LogP contribution in [-0.2, 0) is 13.2 Å². The monoisotopic (exact) mass is 604 g/mol. The van der Waals surface area contributed by atoms with Crippen LogP contribution in [0.3, 0.4) is 0 Å². The lowest BCUT2D eigenvalue weighted by atomic mass is 10.0. The van der Waals surface area contributed by atoms with Gasteiger partial charge in [0.1, 0.15) is 17.2 Å². The largest absolute Gasteiger partial charge is 0.457 e. The fourth-order valence-corrected chi connectivity index (χ4v) is 5.02. The third-order valence-corrected chi connectivity index (χ3v) is 7.29. The number of fused-ring (bicyclic) bond motifs is 2. The number of pyridine rings is 1. The number of ether oxygens (including phenoxy) is 1. The summed E-state index contributed by atoms with van der Waals surface area (Å²) in [5.41, 5.74) is 3.97. The Morgan fingerprint density at radius 2 is 1.64 bits per heavy atom. The summed E-state index contributed by atoms with van der Waals surface area (Å²) in [6.07, 6.45) is -2.83. The van der Waals surface area contributed by atoms with Crippen LogP contribution in [0.2, 0.25) is 0 Å². The van der Waals surface area contributed by atoms with Crippen molar-refractivity contribution in [2.24, 2.45) is 7.05 Å². The maximum Gasteiger partial charge on any atom is 0.416 e. The Bertz CT molecular complexity index is 2210. The van der Waals surface area contributed by atoms with Gasteiger partial charge in [0.2, 0.25) is 5.95 Å². The third kappa shape index (κ3) is 5.58. The van der Waals surface area contributed by atoms with Crippen LogP contribution in [0.4, 0.5) is 24.8 Å². The lowest BCUT2D eigenvalue weighted by Gasteiger charge is -2.10. The van der Waals surface area contributed by atoms with Gasteiger partial charge in [0, 0.05) is 42.2 Å². The molecule has 0 bridgehead atoms. The van der Waals surface area contributed by atoms with Crippen LogP contribution >= 0.6 is 0 Å². The van der Waals surface area contributed by atoms with Gasteiger partial charge in [-0.25, -0.2) is 9.97 Å². The van der Waals surface area contributed by atoms with Crippen LogP contribution in [0.15, 0.2) is 109 Å². The number of nitrogens with zero attached hydrogens (tertiary/aromatic N) is 4. The molecule has 0 aliphatic rings. The number of rotatable bonds is 7. The Morgan fingerprint density at radius 3 is 2.47 bits per heavy atom. The Kier molecular flexibility index (Phi) is 6.77. The highest BCUT2D eigenvalue weighted by molar-refractivity contribution is 6.10. The molecule has 4 aromatic carbocycles. The number of carbonyl (C=O) groups excluding carboxylic acids is 1. The summed E-state index contributed by atoms with van der Waals surface area (Å²) < 4.78 is 47.4. The highest BCUT2D eigenvalue weighted by Crippen LogP contribution is 2.33. The fourth-order valence-electron chi connectivity index (χ4n) is 5.02. The van der Waals surface area contributed by atoms with Gasteiger partial charge in [-0.15, -0.1) is 0 Å². The smallest absolute Gasteiger partial charge is 0.416 e. The summed E-state index contributed by atoms with van der Waals surface area (Å²) >= 11 is 0. The molecule has 3 aromatic heterocycles. The molecule has 0 unspecified atom stereocenters. The maximum absolute atomic E-state index is 13.2. The minimum absolute atomic E-state index is 0.0843. The summed E-state index contributed by atoms with van der Waals surface area (Å²) in [5, 5.41) is 2.97. The van der Waals surface area contributed by atoms with E-state index in [4.69, 9.17) is 4.74 Å². The van der Waals surface area contributed by atoms with Gasteiger partial charge >= 0.3 is 6.18 Å². The number of hydrogen-bond acceptors (Lipinski definition) is 6. The first kappa shape index (κ1) is 27.8. The van der Waals surface area contributed by atoms with Crippen molar-refractivity contribution >= 4 is 39.5 Å². The topological polar surface area (TPSA) is 97.7 Å². The van der Waals surface area contributed by atoms with Gasteiger partial charge in [-0.05, 0) is 54.6 Å². The zero-order valence-corrected chi connectivity index (χ0v) is 23.6. The lowest BCUT2D eigenvalue weighted by Crippen LogP contribution is -2.06. The lowest BCUT2D eigenvalue weighted by molar-refractivity contribution is -0.137. The molecule has 0 aliphatic carbocycles. The van der Waals surface area contributed by atoms with Crippen LogP contribution in [0.25, 0.3) is 33.6 Å². The second-order valence-electron chi connectivity index (χ2n) is 10.3. The molecule has 0 radical (unpaired) electrons. The van der Waals surface area contributed by atoms with E-state index in [2.05, 4.69) is 25.3 Å². The van der Waals surface area contributed by atoms with Crippen LogP contribution in [-0.4, -0.2) is 30.3 Å². The van der Waals surface area contributed by atoms with E-state index in [1.165, 1.54) is 6.07 Å². The normalized spacial score (nSPS) is 11.6. The van der Waals surface area contributed by atoms with Crippen molar-refractivity contribution in [1.82, 2.24) is 24.5 Å². The van der Waals surface area contributed by atoms with Crippen molar-refractivity contribution in [3.63, 3.8) is 0 Å². The number of nitrogens with one attached hydrogen (secondary N) is 2. The van der Waals surface area contributed by atoms with Crippen molar-refractivity contribution in [2.75, 3.05) is 5.32 Å². The maximum atomic E-state index is 13.2. The molecular formula is C34H23F3N6O2. The zero-order chi connectivity index (χ0) is 31.1. The minimum atomic E-state index is -4.44. The third-order valence-electron chi connectivity index (χ3n) is 7.29. The minimum Gasteiger partial charge on any atom is -0.457 e. The number of imidazole rings is 2. The number of carbonyl (C=O) groups is 1. The number of aromatic amines is 1. The molecule has 0 saturated carbocycles. The van der Waals surface area contributed by atoms with Crippen molar-refractivity contribution in [2.45, 2.75) is 6.18 Å². The molecule has 2 N–H and O–H groups in total. The second-order valence-corrected chi connectivity index (χ2v) is 10.3. The van der Waals surface area contributed by atoms with Crippen molar-refractivity contribution in [3.8, 4) is 23.0 Å². The molecule has 0 fully saturated rings. The van der Waals surface area contributed by atoms with Crippen molar-refractivity contribution in [3.05, 3.63) is 126 Å². The van der Waals surface area contributed by atoms with Crippen LogP contribution in [0.5, 0.6) is 11.5 Å². The Balaban J connectivity index is 1.11. The van der Waals surface area contributed by atoms with E-state index in [1.807, 2.05) is 30.3 Å². The van der Waals surface area contributed by atoms with E-state index in [0.29, 0.717) is 51.1 Å². The molecule has 7 rings (SSSR count). The molecule has 8 nitrogen and oxygen atoms in total. The molecule has 0 atom stereocenters. The average Bonchev–Trinajstić information content (AvgIpc) is 3.61. The summed E-state index contributed by atoms with van der Waals surface area (Å²) in [6, 6.07) is 28.2. The van der Waals surface area contributed by atoms with E-state index >= 15 is 0 Å². The summed E-state index contributed by atoms with van der Waals surface area (Å²) in [6.45, 7) is 0. The SMILES string of the molecule is Cn1c(Nc2cccc(C(F)(F)F)c2)nc2cc(Oc3ccnc(-c4nc5cc(C(=O)c6ccccc6)ccc5[nH]4)c3)ccc21. The number of aryl methyl sites for hydroxylation is 1. The predicted octanol–water partition coefficient (Wildman–Crippen LogP) is 8.30. The van der Waals surface area contributed by atoms with Gasteiger partial charge in [-0.3, -0.25) is 9.78 Å². The highest BCUT2D eigenvalue weighted by atomic mass is 19.4. The molecule has 222 valence electrons. The predicted molar refractivity (Wildman–Crippen MR) is 165 cm³/mol. The summed E-state index contributed by atoms with van der Waals surface area (Å²) in [7, 11) is 1.77. The molecule has 0 spiro atoms. The van der Waals surface area contributed by atoms with E-state index < -0.39 is 11.7 Å². The number of ketones is 1. The highest BCUT2D eigenvalue weighted by Gasteiger charge is 2.30. The van der Waals surface area contributed by atoms with Crippen molar-refractivity contribution < 1.29 is 22.7 Å². The van der Waals surface area contributed by atoms with Crippen molar-refractivity contribution in [1.29, 1.82) is 0 Å². The molecular weight excluding hydrogens is 581 g/mol. The van der Waals surface area contributed by atoms with E-state index in [0.717, 1.165) is 23.2 Å². The average molecular weight is 605 g/mol. The van der Waals surface area contributed by atoms with E-state index in [-0.39, 0.29) is 11.5 Å². The van der Waals surface area contributed by atoms with Crippen LogP contribution < -0.4 is 10.1 Å². The summed E-state index contributed by atoms with van der Waals surface area (Å²) in [4.78, 5) is 29.8. The number of alkyl halides is 3. The number of halogens is 3. The number of benzene rings is 4. The Hall–Kier alpha value is -5.97. The molecule has 7 aromatic rings. The number of hydrogen-bond donors (Lipinski definition) is 2. The molecule has 3 heterocycles.